The van der Waals surface area contributed by atoms with E-state index >= 15 is 0 Å². The Morgan fingerprint density at radius 2 is 2.06 bits per heavy atom. The molecule has 0 saturated carbocycles. The molecule has 0 bridgehead atoms. The summed E-state index contributed by atoms with van der Waals surface area (Å²) in [6.45, 7) is 8.27. The van der Waals surface area contributed by atoms with Crippen LogP contribution in [0.15, 0.2) is 24.3 Å². The number of carbonyl (C=O) groups excluding carboxylic acids is 1. The van der Waals surface area contributed by atoms with E-state index in [4.69, 9.17) is 0 Å². The Morgan fingerprint density at radius 3 is 2.67 bits per heavy atom. The molecule has 1 aromatic carbocycles. The molecule has 3 heteroatoms. The van der Waals surface area contributed by atoms with Crippen LogP contribution in [-0.4, -0.2) is 22.9 Å². The van der Waals surface area contributed by atoms with E-state index in [-0.39, 0.29) is 24.2 Å². The highest BCUT2D eigenvalue weighted by molar-refractivity contribution is 5.84. The van der Waals surface area contributed by atoms with E-state index in [1.54, 1.807) is 0 Å². The zero-order chi connectivity index (χ0) is 13.3. The highest BCUT2D eigenvalue weighted by atomic mass is 16.2. The molecule has 3 nitrogen and oxygen atoms in total. The Bertz CT molecular complexity index is 444. The summed E-state index contributed by atoms with van der Waals surface area (Å²) in [5.74, 6) is 0.206. The minimum atomic E-state index is -0.0939. The number of benzene rings is 1. The van der Waals surface area contributed by atoms with Crippen LogP contribution in [0, 0.1) is 6.92 Å². The maximum Gasteiger partial charge on any atom is 0.241 e. The second kappa shape index (κ2) is 5.11. The Hall–Kier alpha value is -1.35. The van der Waals surface area contributed by atoms with Crippen molar-refractivity contribution < 1.29 is 4.79 Å². The molecule has 18 heavy (non-hydrogen) atoms. The molecule has 1 heterocycles. The maximum absolute atomic E-state index is 12.3. The summed E-state index contributed by atoms with van der Waals surface area (Å²) in [6.07, 6.45) is 0.992. The molecule has 1 fully saturated rings. The lowest BCUT2D eigenvalue weighted by atomic mass is 10.0. The summed E-state index contributed by atoms with van der Waals surface area (Å²) in [5, 5.41) is 3.40. The van der Waals surface area contributed by atoms with Gasteiger partial charge in [0.05, 0.1) is 6.04 Å². The van der Waals surface area contributed by atoms with Gasteiger partial charge in [0.15, 0.2) is 0 Å². The first-order valence-electron chi connectivity index (χ1n) is 6.70. The van der Waals surface area contributed by atoms with E-state index in [1.807, 2.05) is 24.0 Å². The van der Waals surface area contributed by atoms with Crippen LogP contribution in [0.25, 0.3) is 0 Å². The van der Waals surface area contributed by atoms with Crippen LogP contribution in [0.4, 0.5) is 0 Å². The number of hydrogen-bond donors (Lipinski definition) is 1. The Kier molecular flexibility index (Phi) is 3.71. The highest BCUT2D eigenvalue weighted by Gasteiger charge is 2.39. The van der Waals surface area contributed by atoms with Crippen molar-refractivity contribution >= 4 is 5.91 Å². The smallest absolute Gasteiger partial charge is 0.241 e. The third-order valence-electron chi connectivity index (χ3n) is 3.86. The van der Waals surface area contributed by atoms with Crippen molar-refractivity contribution in [2.45, 2.75) is 52.4 Å². The van der Waals surface area contributed by atoms with Gasteiger partial charge in [-0.05, 0) is 38.3 Å². The van der Waals surface area contributed by atoms with Gasteiger partial charge < -0.3 is 4.90 Å². The van der Waals surface area contributed by atoms with Crippen LogP contribution >= 0.6 is 0 Å². The molecular weight excluding hydrogens is 224 g/mol. The van der Waals surface area contributed by atoms with Gasteiger partial charge in [0.2, 0.25) is 5.91 Å². The minimum Gasteiger partial charge on any atom is -0.319 e. The van der Waals surface area contributed by atoms with Crippen LogP contribution in [0.3, 0.4) is 0 Å². The summed E-state index contributed by atoms with van der Waals surface area (Å²) in [6, 6.07) is 8.44. The van der Waals surface area contributed by atoms with Gasteiger partial charge in [-0.25, -0.2) is 0 Å². The van der Waals surface area contributed by atoms with Crippen LogP contribution < -0.4 is 5.32 Å². The molecule has 1 N–H and O–H groups in total. The van der Waals surface area contributed by atoms with Gasteiger partial charge in [0.1, 0.15) is 6.17 Å². The van der Waals surface area contributed by atoms with Crippen LogP contribution in [0.1, 0.15) is 44.5 Å². The zero-order valence-corrected chi connectivity index (χ0v) is 11.6. The van der Waals surface area contributed by atoms with Gasteiger partial charge in [-0.15, -0.1) is 0 Å². The molecular formula is C15H22N2O. The summed E-state index contributed by atoms with van der Waals surface area (Å²) in [4.78, 5) is 14.3. The Morgan fingerprint density at radius 1 is 1.39 bits per heavy atom. The average Bonchev–Trinajstić information content (AvgIpc) is 2.65. The highest BCUT2D eigenvalue weighted by Crippen LogP contribution is 2.30. The van der Waals surface area contributed by atoms with Crippen LogP contribution in [0.2, 0.25) is 0 Å². The molecule has 1 aliphatic heterocycles. The number of amides is 1. The molecule has 3 atom stereocenters. The van der Waals surface area contributed by atoms with E-state index in [0.717, 1.165) is 6.42 Å². The molecule has 0 aromatic heterocycles. The number of hydrogen-bond acceptors (Lipinski definition) is 2. The van der Waals surface area contributed by atoms with Gasteiger partial charge in [-0.2, -0.15) is 0 Å². The largest absolute Gasteiger partial charge is 0.319 e. The van der Waals surface area contributed by atoms with Gasteiger partial charge >= 0.3 is 0 Å². The fourth-order valence-electron chi connectivity index (χ4n) is 2.54. The minimum absolute atomic E-state index is 0.0173. The summed E-state index contributed by atoms with van der Waals surface area (Å²) in [5.41, 5.74) is 2.43. The molecule has 1 amide bonds. The predicted molar refractivity (Wildman–Crippen MR) is 73.1 cm³/mol. The van der Waals surface area contributed by atoms with E-state index in [9.17, 15) is 4.79 Å². The normalized spacial score (nSPS) is 25.6. The second-order valence-electron chi connectivity index (χ2n) is 5.15. The molecule has 3 unspecified atom stereocenters. The average molecular weight is 246 g/mol. The third-order valence-corrected chi connectivity index (χ3v) is 3.86. The van der Waals surface area contributed by atoms with Crippen molar-refractivity contribution in [3.05, 3.63) is 35.4 Å². The quantitative estimate of drug-likeness (QED) is 0.889. The number of nitrogens with zero attached hydrogens (tertiary/aromatic N) is 1. The van der Waals surface area contributed by atoms with E-state index in [0.29, 0.717) is 0 Å². The lowest BCUT2D eigenvalue weighted by Crippen LogP contribution is -2.38. The summed E-state index contributed by atoms with van der Waals surface area (Å²) >= 11 is 0. The number of nitrogens with one attached hydrogen (secondary N) is 1. The zero-order valence-electron chi connectivity index (χ0n) is 11.6. The summed E-state index contributed by atoms with van der Waals surface area (Å²) in [7, 11) is 0. The van der Waals surface area contributed by atoms with E-state index < -0.39 is 0 Å². The molecule has 0 spiro atoms. The lowest BCUT2D eigenvalue weighted by Gasteiger charge is -2.30. The van der Waals surface area contributed by atoms with Gasteiger partial charge in [-0.1, -0.05) is 31.2 Å². The fourth-order valence-corrected chi connectivity index (χ4v) is 2.54. The maximum atomic E-state index is 12.3. The van der Waals surface area contributed by atoms with Crippen molar-refractivity contribution in [3.63, 3.8) is 0 Å². The van der Waals surface area contributed by atoms with Crippen LogP contribution in [-0.2, 0) is 4.79 Å². The van der Waals surface area contributed by atoms with Gasteiger partial charge in [-0.3, -0.25) is 10.1 Å². The number of rotatable bonds is 3. The molecule has 0 aliphatic carbocycles. The standard InChI is InChI=1S/C15H22N2O/c1-5-11(3)17-14(16-12(4)15(17)18)13-9-7-6-8-10(13)2/h6-9,11-12,14,16H,5H2,1-4H3. The van der Waals surface area contributed by atoms with Crippen molar-refractivity contribution in [3.8, 4) is 0 Å². The van der Waals surface area contributed by atoms with Gasteiger partial charge in [0, 0.05) is 6.04 Å². The molecule has 0 radical (unpaired) electrons. The predicted octanol–water partition coefficient (Wildman–Crippen LogP) is 2.61. The van der Waals surface area contributed by atoms with Crippen molar-refractivity contribution in [1.82, 2.24) is 10.2 Å². The number of aryl methyl sites for hydroxylation is 1. The SMILES string of the molecule is CCC(C)N1C(=O)C(C)NC1c1ccccc1C. The van der Waals surface area contributed by atoms with E-state index in [1.165, 1.54) is 11.1 Å². The molecule has 1 saturated heterocycles. The van der Waals surface area contributed by atoms with Crippen molar-refractivity contribution in [2.75, 3.05) is 0 Å². The molecule has 1 aromatic rings. The van der Waals surface area contributed by atoms with Crippen LogP contribution in [0.5, 0.6) is 0 Å². The monoisotopic (exact) mass is 246 g/mol. The topological polar surface area (TPSA) is 32.3 Å². The number of carbonyl (C=O) groups is 1. The fraction of sp³-hybridized carbons (Fsp3) is 0.533. The summed E-state index contributed by atoms with van der Waals surface area (Å²) < 4.78 is 0. The Labute approximate surface area is 109 Å². The van der Waals surface area contributed by atoms with E-state index in [2.05, 4.69) is 38.2 Å². The third kappa shape index (κ3) is 2.15. The first-order chi connectivity index (χ1) is 8.56. The lowest BCUT2D eigenvalue weighted by molar-refractivity contribution is -0.131. The van der Waals surface area contributed by atoms with Crippen molar-refractivity contribution in [1.29, 1.82) is 0 Å². The van der Waals surface area contributed by atoms with Gasteiger partial charge in [0.25, 0.3) is 0 Å². The molecule has 98 valence electrons. The van der Waals surface area contributed by atoms with Crippen molar-refractivity contribution in [2.24, 2.45) is 0 Å². The Balaban J connectivity index is 2.37. The first kappa shape index (κ1) is 13.1. The second-order valence-corrected chi connectivity index (χ2v) is 5.15. The molecule has 1 aliphatic rings. The first-order valence-corrected chi connectivity index (χ1v) is 6.70. The molecule has 2 rings (SSSR count).